The SMILES string of the molecule is Cc1cc(CN)ccc1Sc1ncccc1Br. The van der Waals surface area contributed by atoms with Crippen LogP contribution < -0.4 is 5.73 Å². The topological polar surface area (TPSA) is 38.9 Å². The average molecular weight is 309 g/mol. The molecule has 1 heterocycles. The Labute approximate surface area is 114 Å². The smallest absolute Gasteiger partial charge is 0.115 e. The summed E-state index contributed by atoms with van der Waals surface area (Å²) in [6, 6.07) is 10.2. The number of aryl methyl sites for hydroxylation is 1. The van der Waals surface area contributed by atoms with E-state index in [1.807, 2.05) is 12.1 Å². The van der Waals surface area contributed by atoms with Gasteiger partial charge in [-0.1, -0.05) is 23.9 Å². The summed E-state index contributed by atoms with van der Waals surface area (Å²) in [6.07, 6.45) is 1.80. The van der Waals surface area contributed by atoms with Crippen LogP contribution in [0.2, 0.25) is 0 Å². The normalized spacial score (nSPS) is 10.5. The molecule has 0 amide bonds. The number of nitrogens with zero attached hydrogens (tertiary/aromatic N) is 1. The van der Waals surface area contributed by atoms with Gasteiger partial charge in [-0.25, -0.2) is 4.98 Å². The zero-order valence-electron chi connectivity index (χ0n) is 9.48. The van der Waals surface area contributed by atoms with Gasteiger partial charge in [-0.2, -0.15) is 0 Å². The number of hydrogen-bond acceptors (Lipinski definition) is 3. The third kappa shape index (κ3) is 3.09. The van der Waals surface area contributed by atoms with Gasteiger partial charge in [0.05, 0.1) is 4.47 Å². The van der Waals surface area contributed by atoms with Gasteiger partial charge >= 0.3 is 0 Å². The van der Waals surface area contributed by atoms with Crippen molar-refractivity contribution in [1.29, 1.82) is 0 Å². The minimum atomic E-state index is 0.582. The molecule has 0 aliphatic rings. The zero-order valence-corrected chi connectivity index (χ0v) is 11.9. The predicted molar refractivity (Wildman–Crippen MR) is 75.1 cm³/mol. The number of rotatable bonds is 3. The van der Waals surface area contributed by atoms with Crippen molar-refractivity contribution in [3.8, 4) is 0 Å². The van der Waals surface area contributed by atoms with Crippen LogP contribution in [0.1, 0.15) is 11.1 Å². The van der Waals surface area contributed by atoms with E-state index in [9.17, 15) is 0 Å². The molecule has 0 unspecified atom stereocenters. The molecule has 0 spiro atoms. The molecule has 1 aromatic carbocycles. The first-order valence-electron chi connectivity index (χ1n) is 5.28. The summed E-state index contributed by atoms with van der Waals surface area (Å²) in [5, 5.41) is 0.982. The molecule has 0 atom stereocenters. The summed E-state index contributed by atoms with van der Waals surface area (Å²) in [6.45, 7) is 2.68. The minimum absolute atomic E-state index is 0.582. The van der Waals surface area contributed by atoms with E-state index >= 15 is 0 Å². The zero-order chi connectivity index (χ0) is 12.3. The van der Waals surface area contributed by atoms with E-state index in [-0.39, 0.29) is 0 Å². The van der Waals surface area contributed by atoms with Crippen molar-refractivity contribution in [3.63, 3.8) is 0 Å². The summed E-state index contributed by atoms with van der Waals surface area (Å²) in [4.78, 5) is 5.56. The molecule has 2 aromatic rings. The molecule has 0 fully saturated rings. The van der Waals surface area contributed by atoms with E-state index in [1.54, 1.807) is 18.0 Å². The Bertz CT molecular complexity index is 529. The van der Waals surface area contributed by atoms with Gasteiger partial charge in [0.2, 0.25) is 0 Å². The van der Waals surface area contributed by atoms with E-state index in [4.69, 9.17) is 5.73 Å². The Morgan fingerprint density at radius 1 is 1.35 bits per heavy atom. The molecule has 1 aromatic heterocycles. The fourth-order valence-corrected chi connectivity index (χ4v) is 2.84. The fourth-order valence-electron chi connectivity index (χ4n) is 1.50. The Morgan fingerprint density at radius 3 is 2.82 bits per heavy atom. The van der Waals surface area contributed by atoms with Crippen LogP contribution in [-0.2, 0) is 6.54 Å². The van der Waals surface area contributed by atoms with Crippen molar-refractivity contribution >= 4 is 27.7 Å². The summed E-state index contributed by atoms with van der Waals surface area (Å²) in [7, 11) is 0. The lowest BCUT2D eigenvalue weighted by Crippen LogP contribution is -1.96. The molecule has 0 aliphatic heterocycles. The van der Waals surface area contributed by atoms with Crippen molar-refractivity contribution in [2.45, 2.75) is 23.4 Å². The third-order valence-electron chi connectivity index (χ3n) is 2.41. The highest BCUT2D eigenvalue weighted by atomic mass is 79.9. The van der Waals surface area contributed by atoms with Crippen LogP contribution in [0.15, 0.2) is 50.9 Å². The van der Waals surface area contributed by atoms with Gasteiger partial charge in [0.15, 0.2) is 0 Å². The Kier molecular flexibility index (Phi) is 4.20. The van der Waals surface area contributed by atoms with Crippen LogP contribution in [0.4, 0.5) is 0 Å². The highest BCUT2D eigenvalue weighted by Gasteiger charge is 2.06. The van der Waals surface area contributed by atoms with Crippen LogP contribution in [0.3, 0.4) is 0 Å². The van der Waals surface area contributed by atoms with Gasteiger partial charge in [0.1, 0.15) is 5.03 Å². The molecular weight excluding hydrogens is 296 g/mol. The Morgan fingerprint density at radius 2 is 2.18 bits per heavy atom. The molecule has 88 valence electrons. The first-order valence-corrected chi connectivity index (χ1v) is 6.89. The molecule has 0 saturated heterocycles. The van der Waals surface area contributed by atoms with Crippen molar-refractivity contribution in [2.24, 2.45) is 5.73 Å². The highest BCUT2D eigenvalue weighted by Crippen LogP contribution is 2.33. The van der Waals surface area contributed by atoms with Gasteiger partial charge in [0.25, 0.3) is 0 Å². The predicted octanol–water partition coefficient (Wildman–Crippen LogP) is 3.76. The van der Waals surface area contributed by atoms with Crippen molar-refractivity contribution in [2.75, 3.05) is 0 Å². The quantitative estimate of drug-likeness (QED) is 0.938. The number of nitrogens with two attached hydrogens (primary N) is 1. The molecule has 2 N–H and O–H groups in total. The van der Waals surface area contributed by atoms with Gasteiger partial charge in [-0.15, -0.1) is 0 Å². The largest absolute Gasteiger partial charge is 0.326 e. The van der Waals surface area contributed by atoms with Crippen LogP contribution in [0.25, 0.3) is 0 Å². The monoisotopic (exact) mass is 308 g/mol. The van der Waals surface area contributed by atoms with E-state index in [0.29, 0.717) is 6.54 Å². The van der Waals surface area contributed by atoms with Gasteiger partial charge in [-0.3, -0.25) is 0 Å². The lowest BCUT2D eigenvalue weighted by molar-refractivity contribution is 1.05. The standard InChI is InChI=1S/C13H13BrN2S/c1-9-7-10(8-15)4-5-12(9)17-13-11(14)3-2-6-16-13/h2-7H,8,15H2,1H3. The van der Waals surface area contributed by atoms with E-state index < -0.39 is 0 Å². The van der Waals surface area contributed by atoms with E-state index in [0.717, 1.165) is 15.1 Å². The number of aromatic nitrogens is 1. The van der Waals surface area contributed by atoms with Crippen LogP contribution >= 0.6 is 27.7 Å². The highest BCUT2D eigenvalue weighted by molar-refractivity contribution is 9.10. The summed E-state index contributed by atoms with van der Waals surface area (Å²) < 4.78 is 1.02. The number of pyridine rings is 1. The Balaban J connectivity index is 2.28. The first-order chi connectivity index (χ1) is 8.20. The molecule has 17 heavy (non-hydrogen) atoms. The second kappa shape index (κ2) is 5.67. The molecule has 2 nitrogen and oxygen atoms in total. The van der Waals surface area contributed by atoms with Crippen LogP contribution in [0, 0.1) is 6.92 Å². The second-order valence-electron chi connectivity index (χ2n) is 3.70. The van der Waals surface area contributed by atoms with Gasteiger partial charge in [-0.05, 0) is 52.2 Å². The lowest BCUT2D eigenvalue weighted by atomic mass is 10.1. The molecule has 0 aliphatic carbocycles. The average Bonchev–Trinajstić information content (AvgIpc) is 2.34. The number of halogens is 1. The van der Waals surface area contributed by atoms with Crippen molar-refractivity contribution < 1.29 is 0 Å². The van der Waals surface area contributed by atoms with Crippen LogP contribution in [-0.4, -0.2) is 4.98 Å². The maximum atomic E-state index is 5.62. The fraction of sp³-hybridized carbons (Fsp3) is 0.154. The summed E-state index contributed by atoms with van der Waals surface area (Å²) >= 11 is 5.16. The number of hydrogen-bond donors (Lipinski definition) is 1. The lowest BCUT2D eigenvalue weighted by Gasteiger charge is -2.07. The molecule has 0 saturated carbocycles. The summed E-state index contributed by atoms with van der Waals surface area (Å²) in [5.41, 5.74) is 8.01. The Hall–Kier alpha value is -0.840. The number of benzene rings is 1. The summed E-state index contributed by atoms with van der Waals surface area (Å²) in [5.74, 6) is 0. The van der Waals surface area contributed by atoms with Crippen molar-refractivity contribution in [1.82, 2.24) is 4.98 Å². The van der Waals surface area contributed by atoms with Crippen molar-refractivity contribution in [3.05, 3.63) is 52.1 Å². The molecule has 0 radical (unpaired) electrons. The third-order valence-corrected chi connectivity index (χ3v) is 4.51. The first kappa shape index (κ1) is 12.6. The van der Waals surface area contributed by atoms with Crippen LogP contribution in [0.5, 0.6) is 0 Å². The maximum Gasteiger partial charge on any atom is 0.115 e. The minimum Gasteiger partial charge on any atom is -0.326 e. The van der Waals surface area contributed by atoms with Gasteiger partial charge < -0.3 is 5.73 Å². The molecule has 4 heteroatoms. The molecular formula is C13H13BrN2S. The van der Waals surface area contributed by atoms with E-state index in [2.05, 4.69) is 46.0 Å². The van der Waals surface area contributed by atoms with E-state index in [1.165, 1.54) is 10.5 Å². The van der Waals surface area contributed by atoms with Gasteiger partial charge in [0, 0.05) is 17.6 Å². The second-order valence-corrected chi connectivity index (χ2v) is 5.58. The molecule has 0 bridgehead atoms. The maximum absolute atomic E-state index is 5.62. The molecule has 2 rings (SSSR count).